The largest absolute Gasteiger partial charge is 0.399 e. The summed E-state index contributed by atoms with van der Waals surface area (Å²) in [6, 6.07) is 5.33. The van der Waals surface area contributed by atoms with E-state index < -0.39 is 0 Å². The molecule has 0 bridgehead atoms. The summed E-state index contributed by atoms with van der Waals surface area (Å²) in [5, 5.41) is 0. The molecule has 0 aromatic heterocycles. The summed E-state index contributed by atoms with van der Waals surface area (Å²) in [4.78, 5) is 12.1. The quantitative estimate of drug-likeness (QED) is 0.669. The molecule has 0 radical (unpaired) electrons. The first-order chi connectivity index (χ1) is 8.60. The molecule has 98 valence electrons. The van der Waals surface area contributed by atoms with Gasteiger partial charge in [-0.15, -0.1) is 0 Å². The van der Waals surface area contributed by atoms with Crippen molar-refractivity contribution in [2.24, 2.45) is 5.92 Å². The lowest BCUT2D eigenvalue weighted by Crippen LogP contribution is -2.32. The highest BCUT2D eigenvalue weighted by Gasteiger charge is 2.31. The van der Waals surface area contributed by atoms with Crippen molar-refractivity contribution in [2.45, 2.75) is 32.3 Å². The third kappa shape index (κ3) is 3.12. The van der Waals surface area contributed by atoms with E-state index in [9.17, 15) is 4.79 Å². The van der Waals surface area contributed by atoms with Crippen molar-refractivity contribution in [3.05, 3.63) is 28.2 Å². The lowest BCUT2D eigenvalue weighted by molar-refractivity contribution is -0.0246. The number of ketones is 1. The van der Waals surface area contributed by atoms with E-state index in [2.05, 4.69) is 15.9 Å². The maximum atomic E-state index is 12.1. The Morgan fingerprint density at radius 3 is 2.83 bits per heavy atom. The Morgan fingerprint density at radius 1 is 1.50 bits per heavy atom. The second kappa shape index (κ2) is 5.85. The van der Waals surface area contributed by atoms with Gasteiger partial charge in [-0.25, -0.2) is 0 Å². The van der Waals surface area contributed by atoms with Crippen LogP contribution in [-0.4, -0.2) is 18.5 Å². The van der Waals surface area contributed by atoms with Gasteiger partial charge in [-0.2, -0.15) is 0 Å². The van der Waals surface area contributed by atoms with Crippen molar-refractivity contribution in [1.29, 1.82) is 0 Å². The van der Waals surface area contributed by atoms with Gasteiger partial charge in [0.05, 0.1) is 6.10 Å². The summed E-state index contributed by atoms with van der Waals surface area (Å²) in [6.07, 6.45) is 2.98. The number of halogens is 1. The molecule has 0 unspecified atom stereocenters. The van der Waals surface area contributed by atoms with Crippen molar-refractivity contribution in [2.75, 3.05) is 12.3 Å². The number of ether oxygens (including phenoxy) is 1. The average molecular weight is 312 g/mol. The zero-order valence-electron chi connectivity index (χ0n) is 10.5. The molecular formula is C14H18BrNO2. The minimum atomic E-state index is 0.182. The molecule has 1 aromatic carbocycles. The molecule has 0 saturated heterocycles. The van der Waals surface area contributed by atoms with E-state index in [4.69, 9.17) is 10.5 Å². The van der Waals surface area contributed by atoms with Crippen LogP contribution in [0.15, 0.2) is 22.7 Å². The summed E-state index contributed by atoms with van der Waals surface area (Å²) < 4.78 is 6.28. The Bertz CT molecular complexity index is 441. The molecule has 0 spiro atoms. The number of nitrogens with two attached hydrogens (primary N) is 1. The molecule has 1 aliphatic carbocycles. The first-order valence-electron chi connectivity index (χ1n) is 6.30. The first-order valence-corrected chi connectivity index (χ1v) is 7.09. The first kappa shape index (κ1) is 13.6. The molecule has 1 aliphatic rings. The predicted molar refractivity (Wildman–Crippen MR) is 75.6 cm³/mol. The maximum absolute atomic E-state index is 12.1. The molecule has 18 heavy (non-hydrogen) atoms. The highest BCUT2D eigenvalue weighted by atomic mass is 79.9. The standard InChI is InChI=1S/C14H18BrNO2/c1-2-18-11-5-9(6-11)7-14(17)12-4-3-10(16)8-13(12)15/h3-4,8-9,11H,2,5-7,16H2,1H3. The summed E-state index contributed by atoms with van der Waals surface area (Å²) in [7, 11) is 0. The van der Waals surface area contributed by atoms with Crippen molar-refractivity contribution < 1.29 is 9.53 Å². The van der Waals surface area contributed by atoms with Crippen molar-refractivity contribution in [1.82, 2.24) is 0 Å². The van der Waals surface area contributed by atoms with Crippen LogP contribution in [0.4, 0.5) is 5.69 Å². The number of carbonyl (C=O) groups is 1. The number of benzene rings is 1. The van der Waals surface area contributed by atoms with Gasteiger partial charge in [-0.3, -0.25) is 4.79 Å². The number of nitrogen functional groups attached to an aromatic ring is 1. The molecule has 1 fully saturated rings. The van der Waals surface area contributed by atoms with E-state index in [1.165, 1.54) is 0 Å². The van der Waals surface area contributed by atoms with Gasteiger partial charge >= 0.3 is 0 Å². The Hall–Kier alpha value is -0.870. The Balaban J connectivity index is 1.89. The van der Waals surface area contributed by atoms with Crippen LogP contribution in [0, 0.1) is 5.92 Å². The summed E-state index contributed by atoms with van der Waals surface area (Å²) >= 11 is 3.39. The van der Waals surface area contributed by atoms with Gasteiger partial charge in [-0.05, 0) is 59.8 Å². The zero-order chi connectivity index (χ0) is 13.1. The Morgan fingerprint density at radius 2 is 2.22 bits per heavy atom. The maximum Gasteiger partial charge on any atom is 0.164 e. The van der Waals surface area contributed by atoms with E-state index in [0.29, 0.717) is 24.1 Å². The predicted octanol–water partition coefficient (Wildman–Crippen LogP) is 3.42. The van der Waals surface area contributed by atoms with Crippen molar-refractivity contribution in [3.8, 4) is 0 Å². The lowest BCUT2D eigenvalue weighted by Gasteiger charge is -2.34. The van der Waals surface area contributed by atoms with Crippen LogP contribution in [0.5, 0.6) is 0 Å². The van der Waals surface area contributed by atoms with E-state index >= 15 is 0 Å². The van der Waals surface area contributed by atoms with Crippen LogP contribution in [0.3, 0.4) is 0 Å². The molecule has 0 atom stereocenters. The van der Waals surface area contributed by atoms with E-state index in [1.807, 2.05) is 6.92 Å². The molecule has 1 aromatic rings. The molecule has 0 heterocycles. The third-order valence-electron chi connectivity index (χ3n) is 3.36. The number of hydrogen-bond donors (Lipinski definition) is 1. The Kier molecular flexibility index (Phi) is 4.40. The summed E-state index contributed by atoms with van der Waals surface area (Å²) in [5.74, 6) is 0.653. The van der Waals surface area contributed by atoms with E-state index in [0.717, 1.165) is 29.5 Å². The normalized spacial score (nSPS) is 22.6. The molecule has 2 rings (SSSR count). The van der Waals surface area contributed by atoms with Crippen LogP contribution in [0.2, 0.25) is 0 Å². The topological polar surface area (TPSA) is 52.3 Å². The van der Waals surface area contributed by atoms with Crippen molar-refractivity contribution in [3.63, 3.8) is 0 Å². The monoisotopic (exact) mass is 311 g/mol. The van der Waals surface area contributed by atoms with Crippen LogP contribution in [-0.2, 0) is 4.74 Å². The van der Waals surface area contributed by atoms with E-state index in [1.54, 1.807) is 18.2 Å². The van der Waals surface area contributed by atoms with Crippen LogP contribution >= 0.6 is 15.9 Å². The highest BCUT2D eigenvalue weighted by molar-refractivity contribution is 9.10. The van der Waals surface area contributed by atoms with E-state index in [-0.39, 0.29) is 5.78 Å². The van der Waals surface area contributed by atoms with Crippen LogP contribution < -0.4 is 5.73 Å². The lowest BCUT2D eigenvalue weighted by atomic mass is 9.78. The second-order valence-electron chi connectivity index (χ2n) is 4.78. The van der Waals surface area contributed by atoms with Gasteiger partial charge < -0.3 is 10.5 Å². The third-order valence-corrected chi connectivity index (χ3v) is 4.02. The summed E-state index contributed by atoms with van der Waals surface area (Å²) in [5.41, 5.74) is 7.05. The minimum Gasteiger partial charge on any atom is -0.399 e. The fraction of sp³-hybridized carbons (Fsp3) is 0.500. The molecule has 0 aliphatic heterocycles. The van der Waals surface area contributed by atoms with Gasteiger partial charge in [-0.1, -0.05) is 0 Å². The van der Waals surface area contributed by atoms with Gasteiger partial charge in [0.25, 0.3) is 0 Å². The van der Waals surface area contributed by atoms with Gasteiger partial charge in [0.2, 0.25) is 0 Å². The number of carbonyl (C=O) groups excluding carboxylic acids is 1. The average Bonchev–Trinajstić information content (AvgIpc) is 2.26. The molecular weight excluding hydrogens is 294 g/mol. The SMILES string of the molecule is CCOC1CC(CC(=O)c2ccc(N)cc2Br)C1. The number of rotatable bonds is 5. The number of Topliss-reactive ketones (excluding diaryl/α,β-unsaturated/α-hetero) is 1. The fourth-order valence-corrected chi connectivity index (χ4v) is 2.96. The van der Waals surface area contributed by atoms with Crippen molar-refractivity contribution >= 4 is 27.4 Å². The van der Waals surface area contributed by atoms with Crippen LogP contribution in [0.1, 0.15) is 36.5 Å². The molecule has 1 saturated carbocycles. The smallest absolute Gasteiger partial charge is 0.164 e. The van der Waals surface area contributed by atoms with Gasteiger partial charge in [0.15, 0.2) is 5.78 Å². The minimum absolute atomic E-state index is 0.182. The molecule has 0 amide bonds. The number of hydrogen-bond acceptors (Lipinski definition) is 3. The van der Waals surface area contributed by atoms with Gasteiger partial charge in [0.1, 0.15) is 0 Å². The zero-order valence-corrected chi connectivity index (χ0v) is 12.1. The molecule has 3 nitrogen and oxygen atoms in total. The fourth-order valence-electron chi connectivity index (χ4n) is 2.34. The molecule has 2 N–H and O–H groups in total. The molecule has 4 heteroatoms. The number of anilines is 1. The highest BCUT2D eigenvalue weighted by Crippen LogP contribution is 2.34. The van der Waals surface area contributed by atoms with Gasteiger partial charge in [0, 0.05) is 28.8 Å². The van der Waals surface area contributed by atoms with Crippen LogP contribution in [0.25, 0.3) is 0 Å². The second-order valence-corrected chi connectivity index (χ2v) is 5.64. The summed E-state index contributed by atoms with van der Waals surface area (Å²) in [6.45, 7) is 2.76. The Labute approximate surface area is 116 Å².